The van der Waals surface area contributed by atoms with Crippen LogP contribution in [0.5, 0.6) is 0 Å². The summed E-state index contributed by atoms with van der Waals surface area (Å²) in [5, 5.41) is 14.0. The third kappa shape index (κ3) is 3.88. The van der Waals surface area contributed by atoms with Crippen LogP contribution in [0.4, 0.5) is 4.79 Å². The fourth-order valence-corrected chi connectivity index (χ4v) is 5.10. The van der Waals surface area contributed by atoms with Crippen LogP contribution < -0.4 is 5.56 Å². The molecule has 0 spiro atoms. The summed E-state index contributed by atoms with van der Waals surface area (Å²) in [5.41, 5.74) is 1.54. The summed E-state index contributed by atoms with van der Waals surface area (Å²) in [7, 11) is 0. The average molecular weight is 437 g/mol. The number of aromatic nitrogens is 4. The minimum Gasteiger partial charge on any atom is -0.465 e. The molecule has 2 aromatic heterocycles. The number of likely N-dealkylation sites (tertiary alicyclic amines) is 2. The summed E-state index contributed by atoms with van der Waals surface area (Å²) >= 11 is 0. The van der Waals surface area contributed by atoms with E-state index in [1.54, 1.807) is 10.7 Å². The molecule has 2 saturated heterocycles. The van der Waals surface area contributed by atoms with Crippen LogP contribution in [0, 0.1) is 5.92 Å². The van der Waals surface area contributed by atoms with E-state index in [2.05, 4.69) is 46.1 Å². The highest BCUT2D eigenvalue weighted by Crippen LogP contribution is 2.32. The molecule has 9 heteroatoms. The fourth-order valence-electron chi connectivity index (χ4n) is 5.10. The van der Waals surface area contributed by atoms with Crippen molar-refractivity contribution in [3.05, 3.63) is 64.1 Å². The number of H-pyrrole nitrogens is 1. The molecule has 2 atom stereocenters. The number of aromatic amines is 1. The molecule has 9 nitrogen and oxygen atoms in total. The van der Waals surface area contributed by atoms with E-state index in [9.17, 15) is 14.7 Å². The van der Waals surface area contributed by atoms with Gasteiger partial charge in [0, 0.05) is 44.6 Å². The largest absolute Gasteiger partial charge is 0.465 e. The number of hydrogen-bond donors (Lipinski definition) is 2. The molecule has 3 aromatic rings. The molecule has 0 saturated carbocycles. The van der Waals surface area contributed by atoms with E-state index >= 15 is 0 Å². The van der Waals surface area contributed by atoms with Gasteiger partial charge in [-0.2, -0.15) is 5.10 Å². The maximum Gasteiger partial charge on any atom is 0.407 e. The molecular formula is C23H28N6O3. The lowest BCUT2D eigenvalue weighted by Gasteiger charge is -2.29. The second-order valence-corrected chi connectivity index (χ2v) is 9.06. The zero-order valence-corrected chi connectivity index (χ0v) is 18.1. The summed E-state index contributed by atoms with van der Waals surface area (Å²) in [6, 6.07) is 10.4. The zero-order valence-electron chi connectivity index (χ0n) is 18.1. The van der Waals surface area contributed by atoms with Crippen molar-refractivity contribution in [1.29, 1.82) is 0 Å². The van der Waals surface area contributed by atoms with Crippen LogP contribution in [-0.4, -0.2) is 66.8 Å². The first-order valence-corrected chi connectivity index (χ1v) is 11.2. The number of hydrogen-bond acceptors (Lipinski definition) is 5. The molecule has 2 N–H and O–H groups in total. The maximum atomic E-state index is 12.8. The summed E-state index contributed by atoms with van der Waals surface area (Å²) in [6.45, 7) is 5.82. The average Bonchev–Trinajstić information content (AvgIpc) is 3.38. The fraction of sp³-hybridized carbons (Fsp3) is 0.478. The Kier molecular flexibility index (Phi) is 5.42. The lowest BCUT2D eigenvalue weighted by atomic mass is 9.96. The number of nitrogens with one attached hydrogen (secondary N) is 1. The Bertz CT molecular complexity index is 1170. The van der Waals surface area contributed by atoms with E-state index < -0.39 is 6.09 Å². The van der Waals surface area contributed by atoms with Gasteiger partial charge in [-0.15, -0.1) is 0 Å². The van der Waals surface area contributed by atoms with E-state index in [0.717, 1.165) is 25.5 Å². The second kappa shape index (κ2) is 8.38. The van der Waals surface area contributed by atoms with Gasteiger partial charge in [0.1, 0.15) is 11.6 Å². The number of imidazole rings is 1. The van der Waals surface area contributed by atoms with Crippen molar-refractivity contribution in [2.24, 2.45) is 5.92 Å². The van der Waals surface area contributed by atoms with Crippen LogP contribution in [-0.2, 0) is 6.54 Å². The molecular weight excluding hydrogens is 408 g/mol. The second-order valence-electron chi connectivity index (χ2n) is 9.06. The maximum absolute atomic E-state index is 12.8. The summed E-state index contributed by atoms with van der Waals surface area (Å²) in [5.74, 6) is 2.05. The van der Waals surface area contributed by atoms with Gasteiger partial charge in [0.15, 0.2) is 5.52 Å². The predicted molar refractivity (Wildman–Crippen MR) is 119 cm³/mol. The Hall–Kier alpha value is -3.20. The number of nitrogens with zero attached hydrogens (tertiary/aromatic N) is 5. The van der Waals surface area contributed by atoms with Gasteiger partial charge >= 0.3 is 6.09 Å². The lowest BCUT2D eigenvalue weighted by Crippen LogP contribution is -2.37. The highest BCUT2D eigenvalue weighted by molar-refractivity contribution is 5.65. The Morgan fingerprint density at radius 3 is 2.66 bits per heavy atom. The standard InChI is InChI=1S/C23H28N6O3/c1-15-12-27(13-16-5-3-2-4-6-16)14-18(15)20-25-22(30)19-11-24-21(29(19)26-20)17-7-9-28(10-8-17)23(31)32/h2-6,11,15,17-18H,7-10,12-14H2,1H3,(H,31,32)(H,25,26,30). The Morgan fingerprint density at radius 2 is 1.94 bits per heavy atom. The van der Waals surface area contributed by atoms with E-state index in [-0.39, 0.29) is 17.4 Å². The zero-order chi connectivity index (χ0) is 22.2. The van der Waals surface area contributed by atoms with Crippen molar-refractivity contribution in [3.63, 3.8) is 0 Å². The number of amides is 1. The Balaban J connectivity index is 1.39. The molecule has 0 radical (unpaired) electrons. The molecule has 0 aliphatic carbocycles. The number of rotatable bonds is 4. The SMILES string of the molecule is CC1CN(Cc2ccccc2)CC1c1nn2c(C3CCN(C(=O)O)CC3)ncc2c(=O)[nH]1. The third-order valence-corrected chi connectivity index (χ3v) is 6.87. The van der Waals surface area contributed by atoms with Gasteiger partial charge in [-0.3, -0.25) is 9.69 Å². The molecule has 2 fully saturated rings. The smallest absolute Gasteiger partial charge is 0.407 e. The van der Waals surface area contributed by atoms with Gasteiger partial charge < -0.3 is 15.0 Å². The lowest BCUT2D eigenvalue weighted by molar-refractivity contribution is 0.131. The van der Waals surface area contributed by atoms with Gasteiger partial charge in [-0.1, -0.05) is 37.3 Å². The monoisotopic (exact) mass is 436 g/mol. The summed E-state index contributed by atoms with van der Waals surface area (Å²) in [4.78, 5) is 35.4. The van der Waals surface area contributed by atoms with E-state index in [4.69, 9.17) is 5.10 Å². The first-order chi connectivity index (χ1) is 15.5. The number of piperidine rings is 1. The van der Waals surface area contributed by atoms with Crippen LogP contribution in [0.25, 0.3) is 5.52 Å². The van der Waals surface area contributed by atoms with E-state index in [1.165, 1.54) is 10.5 Å². The van der Waals surface area contributed by atoms with Crippen molar-refractivity contribution < 1.29 is 9.90 Å². The molecule has 2 aliphatic rings. The summed E-state index contributed by atoms with van der Waals surface area (Å²) < 4.78 is 1.70. The van der Waals surface area contributed by atoms with Gasteiger partial charge in [0.05, 0.1) is 6.20 Å². The van der Waals surface area contributed by atoms with E-state index in [1.807, 2.05) is 6.07 Å². The van der Waals surface area contributed by atoms with E-state index in [0.29, 0.717) is 43.2 Å². The van der Waals surface area contributed by atoms with Crippen molar-refractivity contribution in [1.82, 2.24) is 29.4 Å². The summed E-state index contributed by atoms with van der Waals surface area (Å²) in [6.07, 6.45) is 2.05. The Labute approximate surface area is 185 Å². The highest BCUT2D eigenvalue weighted by Gasteiger charge is 2.34. The molecule has 32 heavy (non-hydrogen) atoms. The van der Waals surface area contributed by atoms with Gasteiger partial charge in [-0.25, -0.2) is 14.3 Å². The normalized spacial score (nSPS) is 22.6. The molecule has 0 bridgehead atoms. The van der Waals surface area contributed by atoms with Crippen LogP contribution in [0.2, 0.25) is 0 Å². The first-order valence-electron chi connectivity index (χ1n) is 11.2. The molecule has 1 amide bonds. The van der Waals surface area contributed by atoms with Gasteiger partial charge in [0.2, 0.25) is 0 Å². The first kappa shape index (κ1) is 20.7. The topological polar surface area (TPSA) is 107 Å². The van der Waals surface area contributed by atoms with Gasteiger partial charge in [-0.05, 0) is 24.3 Å². The molecule has 4 heterocycles. The van der Waals surface area contributed by atoms with Crippen LogP contribution in [0.1, 0.15) is 48.8 Å². The number of carbonyl (C=O) groups is 1. The van der Waals surface area contributed by atoms with Crippen LogP contribution >= 0.6 is 0 Å². The minimum atomic E-state index is -0.886. The highest BCUT2D eigenvalue weighted by atomic mass is 16.4. The van der Waals surface area contributed by atoms with Crippen molar-refractivity contribution in [3.8, 4) is 0 Å². The molecule has 5 rings (SSSR count). The number of carboxylic acid groups (broad SMARTS) is 1. The molecule has 2 aliphatic heterocycles. The predicted octanol–water partition coefficient (Wildman–Crippen LogP) is 2.51. The third-order valence-electron chi connectivity index (χ3n) is 6.87. The number of benzene rings is 1. The molecule has 2 unspecified atom stereocenters. The molecule has 1 aromatic carbocycles. The number of fused-ring (bicyclic) bond motifs is 1. The van der Waals surface area contributed by atoms with Crippen molar-refractivity contribution in [2.45, 2.75) is 38.1 Å². The van der Waals surface area contributed by atoms with Gasteiger partial charge in [0.25, 0.3) is 5.56 Å². The molecule has 168 valence electrons. The Morgan fingerprint density at radius 1 is 1.19 bits per heavy atom. The minimum absolute atomic E-state index is 0.0887. The van der Waals surface area contributed by atoms with Crippen molar-refractivity contribution in [2.75, 3.05) is 26.2 Å². The van der Waals surface area contributed by atoms with Crippen LogP contribution in [0.15, 0.2) is 41.3 Å². The van der Waals surface area contributed by atoms with Crippen LogP contribution in [0.3, 0.4) is 0 Å². The quantitative estimate of drug-likeness (QED) is 0.651. The van der Waals surface area contributed by atoms with Crippen molar-refractivity contribution >= 4 is 11.6 Å².